The fraction of sp³-hybridized carbons (Fsp3) is 0.250. The Kier molecular flexibility index (Phi) is 2.22. The number of fused-ring (bicyclic) bond motifs is 3. The second-order valence-electron chi connectivity index (χ2n) is 7.70. The molecule has 1 fully saturated rings. The van der Waals surface area contributed by atoms with Crippen molar-refractivity contribution in [2.45, 2.75) is 38.9 Å². The van der Waals surface area contributed by atoms with Crippen LogP contribution in [0.3, 0.4) is 0 Å². The van der Waals surface area contributed by atoms with E-state index >= 15 is 0 Å². The van der Waals surface area contributed by atoms with E-state index in [0.717, 1.165) is 11.3 Å². The highest BCUT2D eigenvalue weighted by Crippen LogP contribution is 2.40. The molecule has 4 heteroatoms. The first-order valence-corrected chi connectivity index (χ1v) is 9.72. The predicted octanol–water partition coefficient (Wildman–Crippen LogP) is 6.02. The van der Waals surface area contributed by atoms with Crippen LogP contribution < -0.4 is 5.46 Å². The first kappa shape index (κ1) is 10.1. The molecule has 0 spiro atoms. The van der Waals surface area contributed by atoms with Crippen molar-refractivity contribution >= 4 is 44.1 Å². The van der Waals surface area contributed by atoms with E-state index in [2.05, 4.69) is 0 Å². The smallest absolute Gasteiger partial charge is 0.399 e. The van der Waals surface area contributed by atoms with Gasteiger partial charge in [0.05, 0.1) is 24.9 Å². The van der Waals surface area contributed by atoms with E-state index in [0.29, 0.717) is 0 Å². The van der Waals surface area contributed by atoms with Crippen molar-refractivity contribution in [2.24, 2.45) is 0 Å². The Bertz CT molecular complexity index is 1680. The van der Waals surface area contributed by atoms with Gasteiger partial charge in [-0.2, -0.15) is 0 Å². The van der Waals surface area contributed by atoms with Crippen LogP contribution in [0.15, 0.2) is 66.5 Å². The van der Waals surface area contributed by atoms with Crippen molar-refractivity contribution in [1.29, 1.82) is 0 Å². The van der Waals surface area contributed by atoms with E-state index < -0.39 is 42.5 Å². The van der Waals surface area contributed by atoms with Gasteiger partial charge in [-0.15, -0.1) is 11.3 Å². The zero-order valence-electron chi connectivity index (χ0n) is 25.9. The summed E-state index contributed by atoms with van der Waals surface area (Å²) in [6.07, 6.45) is 0. The van der Waals surface area contributed by atoms with Crippen LogP contribution in [-0.4, -0.2) is 18.3 Å². The van der Waals surface area contributed by atoms with E-state index in [-0.39, 0.29) is 73.0 Å². The Labute approximate surface area is 184 Å². The lowest BCUT2D eigenvalue weighted by Crippen LogP contribution is -2.41. The fourth-order valence-electron chi connectivity index (χ4n) is 3.12. The molecule has 4 aromatic rings. The molecule has 5 rings (SSSR count). The summed E-state index contributed by atoms with van der Waals surface area (Å²) in [6.45, 7) is 7.33. The van der Waals surface area contributed by atoms with Gasteiger partial charge in [-0.1, -0.05) is 60.4 Å². The van der Waals surface area contributed by atoms with Crippen molar-refractivity contribution in [2.75, 3.05) is 0 Å². The lowest BCUT2D eigenvalue weighted by atomic mass is 9.78. The molecule has 0 amide bonds. The highest BCUT2D eigenvalue weighted by Gasteiger charge is 2.51. The summed E-state index contributed by atoms with van der Waals surface area (Å²) in [6, 6.07) is -2.32. The van der Waals surface area contributed by atoms with Crippen LogP contribution in [0.25, 0.3) is 31.3 Å². The van der Waals surface area contributed by atoms with Crippen molar-refractivity contribution in [3.8, 4) is 11.1 Å². The summed E-state index contributed by atoms with van der Waals surface area (Å²) < 4.78 is 97.5. The minimum Gasteiger partial charge on any atom is -0.399 e. The monoisotopic (exact) mass is 396 g/mol. The molecule has 0 N–H and O–H groups in total. The molecular formula is C24H23BO2S. The van der Waals surface area contributed by atoms with Gasteiger partial charge in [0, 0.05) is 20.2 Å². The van der Waals surface area contributed by atoms with Gasteiger partial charge in [-0.3, -0.25) is 0 Å². The molecule has 2 heterocycles. The van der Waals surface area contributed by atoms with Crippen LogP contribution in [0.2, 0.25) is 0 Å². The number of rotatable bonds is 2. The zero-order valence-corrected chi connectivity index (χ0v) is 16.7. The Morgan fingerprint density at radius 2 is 1.57 bits per heavy atom. The highest BCUT2D eigenvalue weighted by atomic mass is 32.1. The molecule has 1 saturated heterocycles. The van der Waals surface area contributed by atoms with E-state index in [4.69, 9.17) is 23.0 Å². The Morgan fingerprint density at radius 3 is 2.36 bits per heavy atom. The number of benzene rings is 3. The molecule has 1 aliphatic heterocycles. The SMILES string of the molecule is [2H]c1cc([2H])c(-c2c([2H])c([2H])c([2H])c3c2sc2c([2H])c([2H])c([2H])c([2H])c23)c([2H])c1B1OC(C)(C)C(C)(C)O1. The van der Waals surface area contributed by atoms with Crippen molar-refractivity contribution in [1.82, 2.24) is 0 Å². The first-order valence-electron chi connectivity index (χ1n) is 13.9. The van der Waals surface area contributed by atoms with Gasteiger partial charge in [0.1, 0.15) is 0 Å². The summed E-state index contributed by atoms with van der Waals surface area (Å²) in [4.78, 5) is 0. The van der Waals surface area contributed by atoms with E-state index in [1.807, 2.05) is 27.7 Å². The highest BCUT2D eigenvalue weighted by molar-refractivity contribution is 7.26. The van der Waals surface area contributed by atoms with Crippen molar-refractivity contribution in [3.05, 3.63) is 66.5 Å². The van der Waals surface area contributed by atoms with E-state index in [1.54, 1.807) is 0 Å². The lowest BCUT2D eigenvalue weighted by Gasteiger charge is -2.32. The molecule has 3 aromatic carbocycles. The average molecular weight is 396 g/mol. The zero-order chi connectivity index (χ0) is 28.2. The predicted molar refractivity (Wildman–Crippen MR) is 120 cm³/mol. The molecular weight excluding hydrogens is 363 g/mol. The summed E-state index contributed by atoms with van der Waals surface area (Å²) in [5.74, 6) is 0. The normalized spacial score (nSPS) is 23.2. The van der Waals surface area contributed by atoms with Crippen LogP contribution in [0.5, 0.6) is 0 Å². The largest absolute Gasteiger partial charge is 0.494 e. The van der Waals surface area contributed by atoms with Gasteiger partial charge in [0.15, 0.2) is 0 Å². The Balaban J connectivity index is 1.91. The third-order valence-corrected chi connectivity index (χ3v) is 6.50. The molecule has 0 unspecified atom stereocenters. The van der Waals surface area contributed by atoms with Crippen LogP contribution in [0.1, 0.15) is 41.4 Å². The third kappa shape index (κ3) is 2.71. The summed E-state index contributed by atoms with van der Waals surface area (Å²) in [5.41, 5.74) is -1.52. The quantitative estimate of drug-likeness (QED) is 0.386. The van der Waals surface area contributed by atoms with Crippen LogP contribution in [0, 0.1) is 0 Å². The molecule has 0 aliphatic carbocycles. The maximum atomic E-state index is 9.05. The molecule has 0 bridgehead atoms. The second kappa shape index (κ2) is 6.18. The molecule has 28 heavy (non-hydrogen) atoms. The minimum atomic E-state index is -1.09. The Morgan fingerprint density at radius 1 is 0.857 bits per heavy atom. The van der Waals surface area contributed by atoms with Gasteiger partial charge in [-0.05, 0) is 50.3 Å². The topological polar surface area (TPSA) is 18.5 Å². The first-order chi connectivity index (χ1) is 17.5. The lowest BCUT2D eigenvalue weighted by molar-refractivity contribution is 0.00578. The fourth-order valence-corrected chi connectivity index (χ4v) is 4.19. The van der Waals surface area contributed by atoms with E-state index in [1.165, 1.54) is 6.07 Å². The van der Waals surface area contributed by atoms with E-state index in [9.17, 15) is 0 Å². The maximum Gasteiger partial charge on any atom is 0.494 e. The van der Waals surface area contributed by atoms with Gasteiger partial charge in [0.25, 0.3) is 0 Å². The summed E-state index contributed by atoms with van der Waals surface area (Å²) in [5, 5.41) is 0.135. The molecule has 0 atom stereocenters. The van der Waals surface area contributed by atoms with Gasteiger partial charge in [-0.25, -0.2) is 0 Å². The van der Waals surface area contributed by atoms with Crippen LogP contribution in [0.4, 0.5) is 0 Å². The third-order valence-electron chi connectivity index (χ3n) is 5.38. The number of hydrogen-bond donors (Lipinski definition) is 0. The van der Waals surface area contributed by atoms with Crippen molar-refractivity contribution in [3.63, 3.8) is 0 Å². The van der Waals surface area contributed by atoms with Crippen LogP contribution >= 0.6 is 11.3 Å². The second-order valence-corrected chi connectivity index (χ2v) is 8.72. The van der Waals surface area contributed by atoms with Crippen LogP contribution in [-0.2, 0) is 9.31 Å². The summed E-state index contributed by atoms with van der Waals surface area (Å²) in [7, 11) is -1.09. The molecule has 2 nitrogen and oxygen atoms in total. The molecule has 0 saturated carbocycles. The molecule has 1 aliphatic rings. The molecule has 140 valence electrons. The standard InChI is InChI=1S/C24H23BO2S/c1-23(2)24(3,4)27-25(26-23)17-10-7-9-16(15-17)18-12-8-13-20-19-11-5-6-14-21(19)28-22(18)20/h5-15H,1-4H3/i5D,6D,8D,9D,10D,11D,12D,13D,14D,15D. The number of thiophene rings is 1. The molecule has 0 radical (unpaired) electrons. The van der Waals surface area contributed by atoms with Gasteiger partial charge >= 0.3 is 7.12 Å². The molecule has 1 aromatic heterocycles. The van der Waals surface area contributed by atoms with Crippen molar-refractivity contribution < 1.29 is 23.0 Å². The maximum absolute atomic E-state index is 9.05. The minimum absolute atomic E-state index is 0.00757. The number of hydrogen-bond acceptors (Lipinski definition) is 3. The Hall–Kier alpha value is -2.14. The van der Waals surface area contributed by atoms with Gasteiger partial charge < -0.3 is 9.31 Å². The van der Waals surface area contributed by atoms with Gasteiger partial charge in [0.2, 0.25) is 0 Å². The summed E-state index contributed by atoms with van der Waals surface area (Å²) >= 11 is 0.933. The average Bonchev–Trinajstić information content (AvgIpc) is 3.30.